The van der Waals surface area contributed by atoms with E-state index >= 15 is 8.78 Å². The number of halogens is 3. The Labute approximate surface area is 343 Å². The summed E-state index contributed by atoms with van der Waals surface area (Å²) in [4.78, 5) is 49.3. The van der Waals surface area contributed by atoms with Crippen LogP contribution in [0.5, 0.6) is 5.75 Å². The van der Waals surface area contributed by atoms with Crippen LogP contribution in [0.15, 0.2) is 47.4 Å². The van der Waals surface area contributed by atoms with Crippen LogP contribution in [0.1, 0.15) is 63.5 Å². The number of nitrogens with zero attached hydrogens (tertiary/aromatic N) is 6. The number of piperidine rings is 1. The van der Waals surface area contributed by atoms with E-state index in [1.165, 1.54) is 4.57 Å². The van der Waals surface area contributed by atoms with Gasteiger partial charge in [-0.05, 0) is 74.6 Å². The zero-order valence-corrected chi connectivity index (χ0v) is 33.7. The number of alkyl halides is 2. The monoisotopic (exact) mass is 826 g/mol. The van der Waals surface area contributed by atoms with Gasteiger partial charge in [-0.3, -0.25) is 24.4 Å². The standard InChI is InChI=1S/C42H45ClF2N10O4/c1-21-16-41(14-13-28(21)48-29-6-4-5-24-32(52-54(3)34(24)29)25-10-12-31(56)49-38(25)57)18-55(19-41)40-46-17-27(43)37(51-40)47-23-9-11-30-26(15-23)33-35(39(58)53(30)2)59-20-42(44,45)36(50-33)22-7-8-22/h4-6,9,11,15,17,21-22,25,28,36,48,50H,7-8,10,12-14,16,18-20H2,1-3H3,(H,46,47,51)(H,49,56,57)/t21?,25?,28-,36-/m0/s1. The Morgan fingerprint density at radius 3 is 2.61 bits per heavy atom. The Balaban J connectivity index is 0.831. The molecule has 5 aromatic rings. The summed E-state index contributed by atoms with van der Waals surface area (Å²) < 4.78 is 39.1. The molecule has 14 nitrogen and oxygen atoms in total. The van der Waals surface area contributed by atoms with E-state index in [-0.39, 0.29) is 40.6 Å². The molecule has 1 spiro atoms. The maximum Gasteiger partial charge on any atom is 0.301 e. The van der Waals surface area contributed by atoms with Crippen LogP contribution in [-0.4, -0.2) is 73.8 Å². The van der Waals surface area contributed by atoms with Crippen molar-refractivity contribution in [3.8, 4) is 5.75 Å². The van der Waals surface area contributed by atoms with Gasteiger partial charge in [-0.15, -0.1) is 0 Å². The molecule has 2 saturated heterocycles. The summed E-state index contributed by atoms with van der Waals surface area (Å²) in [6, 6.07) is 10.5. The lowest BCUT2D eigenvalue weighted by atomic mass is 9.64. The van der Waals surface area contributed by atoms with E-state index in [1.54, 1.807) is 31.4 Å². The van der Waals surface area contributed by atoms with E-state index in [0.29, 0.717) is 70.7 Å². The van der Waals surface area contributed by atoms with Crippen LogP contribution in [-0.2, 0) is 23.7 Å². The molecule has 2 aliphatic carbocycles. The quantitative estimate of drug-likeness (QED) is 0.134. The van der Waals surface area contributed by atoms with Gasteiger partial charge in [0, 0.05) is 61.5 Å². The Kier molecular flexibility index (Phi) is 8.82. The molecule has 2 aromatic carbocycles. The molecular weight excluding hydrogens is 782 g/mol. The predicted octanol–water partition coefficient (Wildman–Crippen LogP) is 6.46. The highest BCUT2D eigenvalue weighted by molar-refractivity contribution is 6.33. The minimum Gasteiger partial charge on any atom is -0.480 e. The fourth-order valence-corrected chi connectivity index (χ4v) is 10.1. The smallest absolute Gasteiger partial charge is 0.301 e. The first-order chi connectivity index (χ1) is 28.3. The molecule has 4 atom stereocenters. The van der Waals surface area contributed by atoms with Crippen molar-refractivity contribution < 1.29 is 23.1 Å². The highest BCUT2D eigenvalue weighted by Crippen LogP contribution is 2.49. The lowest BCUT2D eigenvalue weighted by Gasteiger charge is -2.55. The maximum atomic E-state index is 15.2. The molecule has 2 saturated carbocycles. The molecule has 2 unspecified atom stereocenters. The van der Waals surface area contributed by atoms with Gasteiger partial charge in [0.05, 0.1) is 46.3 Å². The van der Waals surface area contributed by atoms with Crippen LogP contribution >= 0.6 is 11.6 Å². The lowest BCUT2D eigenvalue weighted by molar-refractivity contribution is -0.134. The van der Waals surface area contributed by atoms with Crippen molar-refractivity contribution in [1.29, 1.82) is 0 Å². The number of carbonyl (C=O) groups excluding carboxylic acids is 2. The zero-order valence-electron chi connectivity index (χ0n) is 32.9. The Hall–Kier alpha value is -5.51. The number of rotatable bonds is 7. The van der Waals surface area contributed by atoms with Gasteiger partial charge in [0.1, 0.15) is 5.02 Å². The van der Waals surface area contributed by atoms with Crippen molar-refractivity contribution in [3.05, 3.63) is 63.7 Å². The second-order valence-electron chi connectivity index (χ2n) is 17.3. The number of aryl methyl sites for hydroxylation is 2. The van der Waals surface area contributed by atoms with Crippen molar-refractivity contribution >= 4 is 74.0 Å². The molecule has 6 heterocycles. The highest BCUT2D eigenvalue weighted by Gasteiger charge is 2.51. The number of nitrogens with one attached hydrogen (secondary N) is 4. The van der Waals surface area contributed by atoms with E-state index in [4.69, 9.17) is 26.4 Å². The lowest BCUT2D eigenvalue weighted by Crippen LogP contribution is -2.60. The Morgan fingerprint density at radius 1 is 1.03 bits per heavy atom. The van der Waals surface area contributed by atoms with E-state index in [2.05, 4.69) is 44.1 Å². The average Bonchev–Trinajstić information content (AvgIpc) is 3.99. The van der Waals surface area contributed by atoms with Crippen molar-refractivity contribution in [2.24, 2.45) is 31.3 Å². The van der Waals surface area contributed by atoms with E-state index < -0.39 is 30.0 Å². The number of hydrogen-bond donors (Lipinski definition) is 4. The largest absolute Gasteiger partial charge is 0.480 e. The van der Waals surface area contributed by atoms with Gasteiger partial charge in [0.15, 0.2) is 12.4 Å². The van der Waals surface area contributed by atoms with E-state index in [1.807, 2.05) is 23.9 Å². The molecule has 2 amide bonds. The first kappa shape index (κ1) is 37.7. The zero-order chi connectivity index (χ0) is 41.0. The molecular formula is C42H45ClF2N10O4. The van der Waals surface area contributed by atoms with Crippen molar-refractivity contribution in [3.63, 3.8) is 0 Å². The van der Waals surface area contributed by atoms with Gasteiger partial charge in [0.25, 0.3) is 5.56 Å². The summed E-state index contributed by atoms with van der Waals surface area (Å²) in [5.41, 5.74) is 3.73. The van der Waals surface area contributed by atoms with E-state index in [0.717, 1.165) is 48.9 Å². The average molecular weight is 827 g/mol. The number of pyridine rings is 1. The molecule has 3 aliphatic heterocycles. The summed E-state index contributed by atoms with van der Waals surface area (Å²) in [5.74, 6) is -3.09. The molecule has 308 valence electrons. The van der Waals surface area contributed by atoms with Crippen LogP contribution in [0, 0.1) is 17.3 Å². The molecule has 3 aromatic heterocycles. The number of para-hydroxylation sites is 1. The van der Waals surface area contributed by atoms with Crippen molar-refractivity contribution in [1.82, 2.24) is 29.6 Å². The third-order valence-corrected chi connectivity index (χ3v) is 13.4. The Morgan fingerprint density at radius 2 is 1.85 bits per heavy atom. The molecule has 4 fully saturated rings. The normalized spacial score (nSPS) is 24.8. The molecule has 0 radical (unpaired) electrons. The molecule has 17 heteroatoms. The van der Waals surface area contributed by atoms with Gasteiger partial charge < -0.3 is 30.2 Å². The second-order valence-corrected chi connectivity index (χ2v) is 17.7. The molecule has 59 heavy (non-hydrogen) atoms. The fraction of sp³-hybridized carbons (Fsp3) is 0.476. The Bertz CT molecular complexity index is 2620. The summed E-state index contributed by atoms with van der Waals surface area (Å²) in [7, 11) is 3.50. The van der Waals surface area contributed by atoms with Crippen molar-refractivity contribution in [2.75, 3.05) is 40.5 Å². The van der Waals surface area contributed by atoms with Gasteiger partial charge in [-0.25, -0.2) is 13.8 Å². The van der Waals surface area contributed by atoms with Gasteiger partial charge in [0.2, 0.25) is 23.5 Å². The first-order valence-electron chi connectivity index (χ1n) is 20.3. The van der Waals surface area contributed by atoms with Crippen LogP contribution in [0.25, 0.3) is 21.8 Å². The van der Waals surface area contributed by atoms with Crippen LogP contribution in [0.3, 0.4) is 0 Å². The highest BCUT2D eigenvalue weighted by atomic mass is 35.5. The molecule has 4 N–H and O–H groups in total. The summed E-state index contributed by atoms with van der Waals surface area (Å²) >= 11 is 6.64. The minimum atomic E-state index is -3.13. The summed E-state index contributed by atoms with van der Waals surface area (Å²) in [6.45, 7) is 3.05. The molecule has 5 aliphatic rings. The third-order valence-electron chi connectivity index (χ3n) is 13.2. The second kappa shape index (κ2) is 13.8. The number of carbonyl (C=O) groups is 2. The van der Waals surface area contributed by atoms with E-state index in [9.17, 15) is 14.4 Å². The third kappa shape index (κ3) is 6.50. The molecule has 0 bridgehead atoms. The maximum absolute atomic E-state index is 15.2. The molecule has 10 rings (SSSR count). The van der Waals surface area contributed by atoms with Crippen LogP contribution in [0.4, 0.5) is 37.6 Å². The topological polar surface area (TPSA) is 160 Å². The number of ether oxygens (including phenoxy) is 1. The number of aromatic nitrogens is 5. The van der Waals surface area contributed by atoms with Crippen LogP contribution < -0.4 is 36.5 Å². The fourth-order valence-electron chi connectivity index (χ4n) is 9.99. The van der Waals surface area contributed by atoms with Gasteiger partial charge in [-0.1, -0.05) is 30.7 Å². The summed E-state index contributed by atoms with van der Waals surface area (Å²) in [6.07, 6.45) is 6.76. The van der Waals surface area contributed by atoms with Gasteiger partial charge in [-0.2, -0.15) is 10.1 Å². The van der Waals surface area contributed by atoms with Crippen molar-refractivity contribution in [2.45, 2.75) is 75.8 Å². The van der Waals surface area contributed by atoms with Crippen LogP contribution in [0.2, 0.25) is 5.02 Å². The number of benzene rings is 2. The number of fused-ring (bicyclic) bond motifs is 4. The minimum absolute atomic E-state index is 0.112. The SMILES string of the molecule is CC1CC2(CC[C@@H]1Nc1cccc3c(C4CCC(=O)NC4=O)nn(C)c13)CN(c1ncc(Cl)c(Nc3ccc4c(c3)c3c(c(=O)n4C)OCC(F)(F)[C@H](C4CC4)N3)n1)C2. The summed E-state index contributed by atoms with van der Waals surface area (Å²) in [5, 5.41) is 19.2. The van der Waals surface area contributed by atoms with Gasteiger partial charge >= 0.3 is 5.92 Å². The number of anilines is 5. The number of hydrogen-bond acceptors (Lipinski definition) is 11. The number of imide groups is 1. The predicted molar refractivity (Wildman–Crippen MR) is 221 cm³/mol. The first-order valence-corrected chi connectivity index (χ1v) is 20.7. The number of amides is 2.